The van der Waals surface area contributed by atoms with Crippen molar-refractivity contribution in [1.82, 2.24) is 5.32 Å². The summed E-state index contributed by atoms with van der Waals surface area (Å²) in [5.74, 6) is -4.31. The zero-order valence-corrected chi connectivity index (χ0v) is 8.12. The van der Waals surface area contributed by atoms with Gasteiger partial charge in [-0.1, -0.05) is 12.2 Å². The molecule has 0 fully saturated rings. The Labute approximate surface area is 89.1 Å². The maximum atomic E-state index is 12.0. The summed E-state index contributed by atoms with van der Waals surface area (Å²) in [6.45, 7) is 0. The number of rotatable bonds is 2. The molecule has 2 N–H and O–H groups in total. The van der Waals surface area contributed by atoms with Crippen LogP contribution in [0.1, 0.15) is 12.8 Å². The normalized spacial score (nSPS) is 25.2. The SMILES string of the molecule is O=C(O)[C@H]1CC=CC[C@@H]1NC(=O)C(F)(F)F. The van der Waals surface area contributed by atoms with Crippen molar-refractivity contribution >= 4 is 11.9 Å². The van der Waals surface area contributed by atoms with Gasteiger partial charge in [0.2, 0.25) is 0 Å². The van der Waals surface area contributed by atoms with Crippen molar-refractivity contribution in [3.63, 3.8) is 0 Å². The highest BCUT2D eigenvalue weighted by molar-refractivity contribution is 5.83. The predicted octanol–water partition coefficient (Wildman–Crippen LogP) is 1.08. The number of carboxylic acids is 1. The third-order valence-corrected chi connectivity index (χ3v) is 2.32. The Morgan fingerprint density at radius 2 is 1.81 bits per heavy atom. The molecule has 0 aromatic rings. The van der Waals surface area contributed by atoms with Crippen molar-refractivity contribution in [2.75, 3.05) is 0 Å². The van der Waals surface area contributed by atoms with Gasteiger partial charge in [0.05, 0.1) is 5.92 Å². The molecule has 2 atom stereocenters. The molecule has 0 unspecified atom stereocenters. The minimum absolute atomic E-state index is 0.0960. The first-order valence-electron chi connectivity index (χ1n) is 4.58. The van der Waals surface area contributed by atoms with Crippen LogP contribution < -0.4 is 5.32 Å². The third-order valence-electron chi connectivity index (χ3n) is 2.32. The van der Waals surface area contributed by atoms with Crippen LogP contribution in [-0.4, -0.2) is 29.2 Å². The molecule has 0 bridgehead atoms. The molecule has 0 heterocycles. The molecule has 4 nitrogen and oxygen atoms in total. The summed E-state index contributed by atoms with van der Waals surface area (Å²) in [5, 5.41) is 10.5. The third kappa shape index (κ3) is 2.98. The molecule has 0 aromatic heterocycles. The number of carboxylic acid groups (broad SMARTS) is 1. The number of nitrogens with one attached hydrogen (secondary N) is 1. The average Bonchev–Trinajstić information content (AvgIpc) is 2.16. The van der Waals surface area contributed by atoms with Crippen molar-refractivity contribution in [2.45, 2.75) is 25.1 Å². The molecule has 16 heavy (non-hydrogen) atoms. The van der Waals surface area contributed by atoms with Crippen molar-refractivity contribution in [3.05, 3.63) is 12.2 Å². The predicted molar refractivity (Wildman–Crippen MR) is 47.5 cm³/mol. The molecule has 0 aliphatic heterocycles. The number of hydrogen-bond acceptors (Lipinski definition) is 2. The first kappa shape index (κ1) is 12.5. The van der Waals surface area contributed by atoms with E-state index in [9.17, 15) is 22.8 Å². The molecule has 0 saturated heterocycles. The lowest BCUT2D eigenvalue weighted by Gasteiger charge is -2.26. The summed E-state index contributed by atoms with van der Waals surface area (Å²) in [6.07, 6.45) is -1.63. The molecule has 0 saturated carbocycles. The second kappa shape index (κ2) is 4.54. The van der Waals surface area contributed by atoms with Gasteiger partial charge in [0.15, 0.2) is 0 Å². The van der Waals surface area contributed by atoms with E-state index < -0.39 is 30.0 Å². The Kier molecular flexibility index (Phi) is 3.56. The van der Waals surface area contributed by atoms with Crippen LogP contribution in [0.25, 0.3) is 0 Å². The van der Waals surface area contributed by atoms with Gasteiger partial charge in [-0.3, -0.25) is 9.59 Å². The van der Waals surface area contributed by atoms with E-state index in [1.54, 1.807) is 17.5 Å². The maximum absolute atomic E-state index is 12.0. The van der Waals surface area contributed by atoms with Crippen LogP contribution in [-0.2, 0) is 9.59 Å². The van der Waals surface area contributed by atoms with Gasteiger partial charge < -0.3 is 10.4 Å². The lowest BCUT2D eigenvalue weighted by Crippen LogP contribution is -2.48. The van der Waals surface area contributed by atoms with Gasteiger partial charge in [0, 0.05) is 6.04 Å². The highest BCUT2D eigenvalue weighted by atomic mass is 19.4. The standard InChI is InChI=1S/C9H10F3NO3/c10-9(11,12)8(16)13-6-4-2-1-3-5(6)7(14)15/h1-2,5-6H,3-4H2,(H,13,16)(H,14,15)/t5-,6-/m0/s1. The molecule has 90 valence electrons. The molecule has 7 heteroatoms. The van der Waals surface area contributed by atoms with E-state index >= 15 is 0 Å². The van der Waals surface area contributed by atoms with Crippen LogP contribution in [0.5, 0.6) is 0 Å². The second-order valence-electron chi connectivity index (χ2n) is 3.47. The monoisotopic (exact) mass is 237 g/mol. The number of aliphatic carboxylic acids is 1. The average molecular weight is 237 g/mol. The Balaban J connectivity index is 2.68. The summed E-state index contributed by atoms with van der Waals surface area (Å²) in [6, 6.07) is -1.00. The van der Waals surface area contributed by atoms with E-state index in [0.717, 1.165) is 0 Å². The molecule has 1 amide bonds. The van der Waals surface area contributed by atoms with E-state index in [0.29, 0.717) is 0 Å². The molecule has 1 aliphatic carbocycles. The van der Waals surface area contributed by atoms with Gasteiger partial charge >= 0.3 is 18.1 Å². The molecule has 0 radical (unpaired) electrons. The van der Waals surface area contributed by atoms with Crippen molar-refractivity contribution in [1.29, 1.82) is 0 Å². The van der Waals surface area contributed by atoms with E-state index in [2.05, 4.69) is 0 Å². The van der Waals surface area contributed by atoms with Gasteiger partial charge in [-0.25, -0.2) is 0 Å². The number of hydrogen-bond donors (Lipinski definition) is 2. The van der Waals surface area contributed by atoms with Crippen molar-refractivity contribution < 1.29 is 27.9 Å². The topological polar surface area (TPSA) is 66.4 Å². The van der Waals surface area contributed by atoms with E-state index in [1.165, 1.54) is 0 Å². The van der Waals surface area contributed by atoms with Gasteiger partial charge in [-0.05, 0) is 12.8 Å². The summed E-state index contributed by atoms with van der Waals surface area (Å²) >= 11 is 0. The molecule has 0 aromatic carbocycles. The Morgan fingerprint density at radius 1 is 1.25 bits per heavy atom. The first-order valence-corrected chi connectivity index (χ1v) is 4.58. The Bertz CT molecular complexity index is 324. The molecule has 0 spiro atoms. The van der Waals surface area contributed by atoms with E-state index in [1.807, 2.05) is 0 Å². The second-order valence-corrected chi connectivity index (χ2v) is 3.47. The fourth-order valence-electron chi connectivity index (χ4n) is 1.50. The van der Waals surface area contributed by atoms with Crippen molar-refractivity contribution in [3.8, 4) is 0 Å². The highest BCUT2D eigenvalue weighted by Crippen LogP contribution is 2.22. The van der Waals surface area contributed by atoms with Crippen molar-refractivity contribution in [2.24, 2.45) is 5.92 Å². The van der Waals surface area contributed by atoms with E-state index in [4.69, 9.17) is 5.11 Å². The zero-order valence-electron chi connectivity index (χ0n) is 8.12. The largest absolute Gasteiger partial charge is 0.481 e. The number of amides is 1. The van der Waals surface area contributed by atoms with E-state index in [-0.39, 0.29) is 12.8 Å². The lowest BCUT2D eigenvalue weighted by atomic mass is 9.89. The fraction of sp³-hybridized carbons (Fsp3) is 0.556. The summed E-state index contributed by atoms with van der Waals surface area (Å²) in [7, 11) is 0. The number of halogens is 3. The maximum Gasteiger partial charge on any atom is 0.471 e. The lowest BCUT2D eigenvalue weighted by molar-refractivity contribution is -0.175. The molecule has 1 aliphatic rings. The summed E-state index contributed by atoms with van der Waals surface area (Å²) in [5.41, 5.74) is 0. The van der Waals surface area contributed by atoms with Crippen LogP contribution in [0, 0.1) is 5.92 Å². The van der Waals surface area contributed by atoms with Gasteiger partial charge in [0.25, 0.3) is 0 Å². The zero-order chi connectivity index (χ0) is 12.3. The van der Waals surface area contributed by atoms with Crippen LogP contribution in [0.15, 0.2) is 12.2 Å². The van der Waals surface area contributed by atoms with Crippen LogP contribution in [0.4, 0.5) is 13.2 Å². The molecular formula is C9H10F3NO3. The fourth-order valence-corrected chi connectivity index (χ4v) is 1.50. The summed E-state index contributed by atoms with van der Waals surface area (Å²) in [4.78, 5) is 21.4. The van der Waals surface area contributed by atoms with Gasteiger partial charge in [0.1, 0.15) is 0 Å². The van der Waals surface area contributed by atoms with Crippen LogP contribution >= 0.6 is 0 Å². The van der Waals surface area contributed by atoms with Crippen LogP contribution in [0.2, 0.25) is 0 Å². The molecule has 1 rings (SSSR count). The van der Waals surface area contributed by atoms with Gasteiger partial charge in [-0.15, -0.1) is 0 Å². The minimum Gasteiger partial charge on any atom is -0.481 e. The number of allylic oxidation sites excluding steroid dienone is 1. The number of carbonyl (C=O) groups is 2. The minimum atomic E-state index is -4.98. The number of carbonyl (C=O) groups excluding carboxylic acids is 1. The first-order chi connectivity index (χ1) is 7.32. The van der Waals surface area contributed by atoms with Crippen LogP contribution in [0.3, 0.4) is 0 Å². The quantitative estimate of drug-likeness (QED) is 0.706. The molecular weight excluding hydrogens is 227 g/mol. The van der Waals surface area contributed by atoms with Gasteiger partial charge in [-0.2, -0.15) is 13.2 Å². The smallest absolute Gasteiger partial charge is 0.471 e. The highest BCUT2D eigenvalue weighted by Gasteiger charge is 2.41. The Hall–Kier alpha value is -1.53. The Morgan fingerprint density at radius 3 is 2.31 bits per heavy atom. The number of alkyl halides is 3. The summed E-state index contributed by atoms with van der Waals surface area (Å²) < 4.78 is 35.9.